The van der Waals surface area contributed by atoms with Gasteiger partial charge >= 0.3 is 6.18 Å². The van der Waals surface area contributed by atoms with E-state index in [4.69, 9.17) is 17.3 Å². The van der Waals surface area contributed by atoms with Crippen molar-refractivity contribution in [2.45, 2.75) is 30.9 Å². The number of benzene rings is 1. The van der Waals surface area contributed by atoms with E-state index in [0.29, 0.717) is 17.8 Å². The normalized spacial score (nSPS) is 24.5. The molecular formula is C13H11ClF4N4. The maximum Gasteiger partial charge on any atom is 0.419 e. The van der Waals surface area contributed by atoms with Gasteiger partial charge in [-0.1, -0.05) is 18.5 Å². The SMILES string of the molecule is CC1(c2nc(N)n[nH]2)CC1c1cc(Cl)c(F)c(C(F)(F)F)c1. The summed E-state index contributed by atoms with van der Waals surface area (Å²) < 4.78 is 52.2. The Hall–Kier alpha value is -1.83. The average molecular weight is 335 g/mol. The van der Waals surface area contributed by atoms with Gasteiger partial charge in [-0.15, -0.1) is 5.10 Å². The van der Waals surface area contributed by atoms with Crippen LogP contribution in [0.5, 0.6) is 0 Å². The van der Waals surface area contributed by atoms with Gasteiger partial charge in [0, 0.05) is 5.41 Å². The first-order chi connectivity index (χ1) is 10.1. The molecule has 1 heterocycles. The highest BCUT2D eigenvalue weighted by atomic mass is 35.5. The summed E-state index contributed by atoms with van der Waals surface area (Å²) in [5.74, 6) is -1.16. The number of anilines is 1. The monoisotopic (exact) mass is 334 g/mol. The van der Waals surface area contributed by atoms with E-state index in [-0.39, 0.29) is 11.9 Å². The first kappa shape index (κ1) is 15.1. The molecule has 2 atom stereocenters. The molecule has 0 radical (unpaired) electrons. The van der Waals surface area contributed by atoms with Crippen molar-refractivity contribution in [1.29, 1.82) is 0 Å². The minimum absolute atomic E-state index is 0.0648. The Morgan fingerprint density at radius 3 is 2.64 bits per heavy atom. The number of aromatic nitrogens is 3. The maximum atomic E-state index is 13.6. The summed E-state index contributed by atoms with van der Waals surface area (Å²) in [5.41, 5.74) is 3.88. The summed E-state index contributed by atoms with van der Waals surface area (Å²) in [4.78, 5) is 4.01. The van der Waals surface area contributed by atoms with Crippen molar-refractivity contribution in [3.8, 4) is 0 Å². The molecule has 0 amide bonds. The Labute approximate surface area is 127 Å². The van der Waals surface area contributed by atoms with E-state index in [1.165, 1.54) is 6.07 Å². The molecule has 3 N–H and O–H groups in total. The first-order valence-electron chi connectivity index (χ1n) is 6.37. The molecule has 3 rings (SSSR count). The molecule has 1 aliphatic carbocycles. The number of H-pyrrole nitrogens is 1. The number of alkyl halides is 3. The molecule has 118 valence electrons. The molecule has 0 bridgehead atoms. The molecule has 2 aromatic rings. The molecule has 0 aliphatic heterocycles. The van der Waals surface area contributed by atoms with Crippen molar-refractivity contribution in [3.05, 3.63) is 39.9 Å². The average Bonchev–Trinajstić information content (AvgIpc) is 2.89. The Morgan fingerprint density at radius 1 is 1.41 bits per heavy atom. The number of nitrogen functional groups attached to an aromatic ring is 1. The van der Waals surface area contributed by atoms with Crippen LogP contribution in [-0.2, 0) is 11.6 Å². The number of nitrogens with one attached hydrogen (secondary N) is 1. The van der Waals surface area contributed by atoms with Gasteiger partial charge in [0.25, 0.3) is 0 Å². The molecule has 2 unspecified atom stereocenters. The topological polar surface area (TPSA) is 67.6 Å². The molecule has 1 fully saturated rings. The van der Waals surface area contributed by atoms with Crippen LogP contribution >= 0.6 is 11.6 Å². The van der Waals surface area contributed by atoms with Gasteiger partial charge in [0.15, 0.2) is 5.82 Å². The van der Waals surface area contributed by atoms with E-state index >= 15 is 0 Å². The van der Waals surface area contributed by atoms with Crippen LogP contribution in [0, 0.1) is 5.82 Å². The zero-order valence-electron chi connectivity index (χ0n) is 11.3. The van der Waals surface area contributed by atoms with Gasteiger partial charge < -0.3 is 5.73 Å². The second-order valence-corrected chi connectivity index (χ2v) is 5.99. The van der Waals surface area contributed by atoms with E-state index in [2.05, 4.69) is 15.2 Å². The fourth-order valence-electron chi connectivity index (χ4n) is 2.66. The van der Waals surface area contributed by atoms with Crippen molar-refractivity contribution >= 4 is 17.5 Å². The number of aromatic amines is 1. The van der Waals surface area contributed by atoms with Crippen LogP contribution in [0.25, 0.3) is 0 Å². The van der Waals surface area contributed by atoms with Gasteiger partial charge in [0.2, 0.25) is 5.95 Å². The van der Waals surface area contributed by atoms with E-state index < -0.39 is 28.0 Å². The number of nitrogens with two attached hydrogens (primary N) is 1. The third-order valence-corrected chi connectivity index (χ3v) is 4.31. The third-order valence-electron chi connectivity index (χ3n) is 4.04. The number of halogens is 5. The van der Waals surface area contributed by atoms with Gasteiger partial charge in [0.05, 0.1) is 10.6 Å². The van der Waals surface area contributed by atoms with Crippen molar-refractivity contribution in [2.75, 3.05) is 5.73 Å². The minimum Gasteiger partial charge on any atom is -0.367 e. The lowest BCUT2D eigenvalue weighted by Gasteiger charge is -2.13. The Balaban J connectivity index is 1.99. The summed E-state index contributed by atoms with van der Waals surface area (Å²) in [5, 5.41) is 5.83. The Morgan fingerprint density at radius 2 is 2.09 bits per heavy atom. The van der Waals surface area contributed by atoms with E-state index in [0.717, 1.165) is 6.07 Å². The van der Waals surface area contributed by atoms with Gasteiger partial charge in [-0.3, -0.25) is 5.10 Å². The van der Waals surface area contributed by atoms with Gasteiger partial charge in [-0.05, 0) is 30.0 Å². The molecular weight excluding hydrogens is 324 g/mol. The highest BCUT2D eigenvalue weighted by Gasteiger charge is 2.55. The van der Waals surface area contributed by atoms with Gasteiger partial charge in [-0.2, -0.15) is 18.2 Å². The van der Waals surface area contributed by atoms with Crippen molar-refractivity contribution in [3.63, 3.8) is 0 Å². The zero-order valence-corrected chi connectivity index (χ0v) is 12.1. The number of nitrogens with zero attached hydrogens (tertiary/aromatic N) is 2. The summed E-state index contributed by atoms with van der Waals surface area (Å²) in [6.45, 7) is 1.82. The second-order valence-electron chi connectivity index (χ2n) is 5.58. The molecule has 0 spiro atoms. The zero-order chi connectivity index (χ0) is 16.3. The summed E-state index contributed by atoms with van der Waals surface area (Å²) in [7, 11) is 0. The highest BCUT2D eigenvalue weighted by Crippen LogP contribution is 2.60. The molecule has 9 heteroatoms. The third kappa shape index (κ3) is 2.31. The van der Waals surface area contributed by atoms with Gasteiger partial charge in [0.1, 0.15) is 5.82 Å². The van der Waals surface area contributed by atoms with Crippen molar-refractivity contribution < 1.29 is 17.6 Å². The van der Waals surface area contributed by atoms with Crippen LogP contribution in [0.4, 0.5) is 23.5 Å². The predicted octanol–water partition coefficient (Wildman–Crippen LogP) is 3.64. The van der Waals surface area contributed by atoms with Crippen LogP contribution < -0.4 is 5.73 Å². The summed E-state index contributed by atoms with van der Waals surface area (Å²) in [6, 6.07) is 2.03. The quantitative estimate of drug-likeness (QED) is 0.824. The standard InChI is InChI=1S/C13H11ClF4N4/c1-12(10-20-11(19)22-21-10)4-7(12)5-2-6(13(16,17)18)9(15)8(14)3-5/h2-3,7H,4H2,1H3,(H3,19,20,21,22). The molecule has 1 aromatic heterocycles. The molecule has 22 heavy (non-hydrogen) atoms. The van der Waals surface area contributed by atoms with Crippen LogP contribution in [-0.4, -0.2) is 15.2 Å². The van der Waals surface area contributed by atoms with Crippen molar-refractivity contribution in [2.24, 2.45) is 0 Å². The Bertz CT molecular complexity index is 742. The van der Waals surface area contributed by atoms with Crippen molar-refractivity contribution in [1.82, 2.24) is 15.2 Å². The minimum atomic E-state index is -4.80. The maximum absolute atomic E-state index is 13.6. The molecule has 1 aliphatic rings. The number of hydrogen-bond donors (Lipinski definition) is 2. The summed E-state index contributed by atoms with van der Waals surface area (Å²) >= 11 is 5.61. The summed E-state index contributed by atoms with van der Waals surface area (Å²) in [6.07, 6.45) is -4.26. The molecule has 0 saturated heterocycles. The fraction of sp³-hybridized carbons (Fsp3) is 0.385. The van der Waals surface area contributed by atoms with E-state index in [9.17, 15) is 17.6 Å². The predicted molar refractivity (Wildman–Crippen MR) is 71.9 cm³/mol. The van der Waals surface area contributed by atoms with Crippen LogP contribution in [0.1, 0.15) is 36.2 Å². The number of rotatable bonds is 2. The molecule has 1 aromatic carbocycles. The van der Waals surface area contributed by atoms with E-state index in [1.54, 1.807) is 0 Å². The van der Waals surface area contributed by atoms with Crippen LogP contribution in [0.15, 0.2) is 12.1 Å². The van der Waals surface area contributed by atoms with E-state index in [1.807, 2.05) is 6.92 Å². The lowest BCUT2D eigenvalue weighted by molar-refractivity contribution is -0.140. The van der Waals surface area contributed by atoms with Crippen LogP contribution in [0.3, 0.4) is 0 Å². The molecule has 4 nitrogen and oxygen atoms in total. The fourth-order valence-corrected chi connectivity index (χ4v) is 2.89. The lowest BCUT2D eigenvalue weighted by Crippen LogP contribution is -2.11. The van der Waals surface area contributed by atoms with Crippen LogP contribution in [0.2, 0.25) is 5.02 Å². The highest BCUT2D eigenvalue weighted by molar-refractivity contribution is 6.30. The first-order valence-corrected chi connectivity index (χ1v) is 6.75. The Kier molecular flexibility index (Phi) is 3.14. The van der Waals surface area contributed by atoms with Gasteiger partial charge in [-0.25, -0.2) is 4.39 Å². The largest absolute Gasteiger partial charge is 0.419 e. The lowest BCUT2D eigenvalue weighted by atomic mass is 9.98. The second kappa shape index (κ2) is 4.58. The number of hydrogen-bond acceptors (Lipinski definition) is 3. The smallest absolute Gasteiger partial charge is 0.367 e. The molecule has 1 saturated carbocycles.